The number of ether oxygens (including phenoxy) is 1. The highest BCUT2D eigenvalue weighted by molar-refractivity contribution is 6.26. The summed E-state index contributed by atoms with van der Waals surface area (Å²) in [6.07, 6.45) is 1.76. The number of hydrogen-bond donors (Lipinski definition) is 3. The number of carbonyl (C=O) groups is 6. The molecule has 2 aliphatic rings. The number of pyridine rings is 1. The normalized spacial score (nSPS) is 15.0. The zero-order valence-electron chi connectivity index (χ0n) is 32.8. The lowest BCUT2D eigenvalue weighted by Gasteiger charge is -2.27. The fourth-order valence-corrected chi connectivity index (χ4v) is 7.64. The van der Waals surface area contributed by atoms with Gasteiger partial charge in [0.15, 0.2) is 11.6 Å². The molecule has 6 amide bonds. The molecule has 1 atom stereocenters. The Morgan fingerprint density at radius 2 is 1.73 bits per heavy atom. The molecule has 1 saturated heterocycles. The van der Waals surface area contributed by atoms with Crippen molar-refractivity contribution in [2.75, 3.05) is 10.6 Å². The smallest absolute Gasteiger partial charge is 0.264 e. The molecular formula is C44H36FN7O8. The number of piperidine rings is 1. The van der Waals surface area contributed by atoms with Crippen LogP contribution in [-0.4, -0.2) is 60.9 Å². The zero-order valence-corrected chi connectivity index (χ0v) is 32.8. The molecule has 3 N–H and O–H groups in total. The van der Waals surface area contributed by atoms with Crippen LogP contribution in [0.2, 0.25) is 0 Å². The fourth-order valence-electron chi connectivity index (χ4n) is 7.64. The number of halogens is 1. The number of imide groups is 2. The number of hydrogen-bond acceptors (Lipinski definition) is 10. The number of aromatic nitrogens is 3. The molecule has 15 nitrogen and oxygen atoms in total. The summed E-state index contributed by atoms with van der Waals surface area (Å²) in [6.45, 7) is 5.41. The van der Waals surface area contributed by atoms with E-state index in [0.717, 1.165) is 23.0 Å². The lowest BCUT2D eigenvalue weighted by atomic mass is 10.0. The van der Waals surface area contributed by atoms with Crippen molar-refractivity contribution in [2.24, 2.45) is 7.05 Å². The molecule has 1 unspecified atom stereocenters. The van der Waals surface area contributed by atoms with Gasteiger partial charge in [-0.2, -0.15) is 0 Å². The second-order valence-electron chi connectivity index (χ2n) is 14.6. The SMILES string of the molecule is CCc1ccc2c(c1)c(=O)c(C(=O)Nc1ccc(Oc3ncnc4cc(CC(=O)Nc5cccc6c5C(=O)N(C5CCC(=O)NC5=O)C6=O)c(C)cc34)c(F)c1)c(C)n2C. The average Bonchev–Trinajstić information content (AvgIpc) is 3.47. The van der Waals surface area contributed by atoms with E-state index in [1.165, 1.54) is 36.7 Å². The molecule has 0 radical (unpaired) electrons. The van der Waals surface area contributed by atoms with E-state index in [0.29, 0.717) is 38.6 Å². The topological polar surface area (TPSA) is 199 Å². The van der Waals surface area contributed by atoms with Gasteiger partial charge in [0, 0.05) is 36.3 Å². The Bertz CT molecular complexity index is 2960. The minimum atomic E-state index is -1.16. The van der Waals surface area contributed by atoms with Crippen molar-refractivity contribution in [1.29, 1.82) is 0 Å². The van der Waals surface area contributed by atoms with Gasteiger partial charge in [0.25, 0.3) is 17.7 Å². The van der Waals surface area contributed by atoms with Gasteiger partial charge in [0.2, 0.25) is 29.0 Å². The minimum Gasteiger partial charge on any atom is -0.435 e. The third kappa shape index (κ3) is 6.91. The van der Waals surface area contributed by atoms with Gasteiger partial charge in [-0.25, -0.2) is 14.4 Å². The first-order valence-electron chi connectivity index (χ1n) is 19.0. The number of anilines is 2. The molecule has 8 rings (SSSR count). The van der Waals surface area contributed by atoms with Crippen molar-refractivity contribution < 1.29 is 37.9 Å². The van der Waals surface area contributed by atoms with E-state index in [2.05, 4.69) is 25.9 Å². The zero-order chi connectivity index (χ0) is 42.6. The molecule has 0 bridgehead atoms. The Morgan fingerprint density at radius 3 is 2.48 bits per heavy atom. The number of benzene rings is 4. The van der Waals surface area contributed by atoms with Crippen molar-refractivity contribution >= 4 is 68.6 Å². The first-order valence-corrected chi connectivity index (χ1v) is 19.0. The summed E-state index contributed by atoms with van der Waals surface area (Å²) >= 11 is 0. The van der Waals surface area contributed by atoms with Gasteiger partial charge in [-0.1, -0.05) is 19.1 Å². The average molecular weight is 810 g/mol. The van der Waals surface area contributed by atoms with Gasteiger partial charge in [-0.15, -0.1) is 0 Å². The number of amides is 6. The monoisotopic (exact) mass is 809 g/mol. The Hall–Kier alpha value is -7.62. The van der Waals surface area contributed by atoms with Gasteiger partial charge < -0.3 is 19.9 Å². The second kappa shape index (κ2) is 15.3. The van der Waals surface area contributed by atoms with Crippen LogP contribution in [-0.2, 0) is 34.3 Å². The predicted octanol–water partition coefficient (Wildman–Crippen LogP) is 5.43. The van der Waals surface area contributed by atoms with E-state index in [1.54, 1.807) is 43.7 Å². The van der Waals surface area contributed by atoms with E-state index in [-0.39, 0.29) is 59.0 Å². The maximum atomic E-state index is 15.5. The molecule has 302 valence electrons. The molecule has 0 saturated carbocycles. The third-order valence-corrected chi connectivity index (χ3v) is 10.9. The molecule has 4 heterocycles. The molecule has 0 spiro atoms. The number of rotatable bonds is 9. The summed E-state index contributed by atoms with van der Waals surface area (Å²) < 4.78 is 23.2. The van der Waals surface area contributed by atoms with Crippen LogP contribution in [0.15, 0.2) is 77.9 Å². The fraction of sp³-hybridized carbons (Fsp3) is 0.205. The quantitative estimate of drug-likeness (QED) is 0.158. The van der Waals surface area contributed by atoms with Gasteiger partial charge in [-0.3, -0.25) is 43.8 Å². The number of carbonyl (C=O) groups excluding carboxylic acids is 6. The minimum absolute atomic E-state index is 0.00656. The van der Waals surface area contributed by atoms with Crippen LogP contribution >= 0.6 is 0 Å². The van der Waals surface area contributed by atoms with Crippen LogP contribution in [0.5, 0.6) is 11.6 Å². The Kier molecular flexibility index (Phi) is 9.99. The summed E-state index contributed by atoms with van der Waals surface area (Å²) in [5.74, 6) is -4.85. The summed E-state index contributed by atoms with van der Waals surface area (Å²) in [5, 5.41) is 8.35. The van der Waals surface area contributed by atoms with Crippen LogP contribution < -0.4 is 26.1 Å². The standard InChI is InChI=1S/C44H36FN7O8/c1-5-23-9-11-32-28(16-23)39(55)37(22(3)51(32)4)41(57)48-25-10-13-34(29(45)19-25)60-42-27-15-21(2)24(17-31(27)46-20-47-42)18-36(54)49-30-8-6-7-26-38(30)44(59)52(43(26)58)33-12-14-35(53)50-40(33)56/h6-11,13,15-17,19-20,33H,5,12,14,18H2,1-4H3,(H,48,57)(H,49,54)(H,50,53,56). The first kappa shape index (κ1) is 39.2. The lowest BCUT2D eigenvalue weighted by molar-refractivity contribution is -0.136. The highest BCUT2D eigenvalue weighted by Crippen LogP contribution is 2.34. The molecule has 60 heavy (non-hydrogen) atoms. The Labute approximate surface area is 340 Å². The van der Waals surface area contributed by atoms with Crippen LogP contribution in [0, 0.1) is 19.7 Å². The summed E-state index contributed by atoms with van der Waals surface area (Å²) in [5.41, 5.74) is 3.40. The van der Waals surface area contributed by atoms with E-state index in [9.17, 15) is 33.6 Å². The van der Waals surface area contributed by atoms with Crippen LogP contribution in [0.3, 0.4) is 0 Å². The van der Waals surface area contributed by atoms with Crippen LogP contribution in [0.4, 0.5) is 15.8 Å². The predicted molar refractivity (Wildman–Crippen MR) is 217 cm³/mol. The maximum absolute atomic E-state index is 15.5. The van der Waals surface area contributed by atoms with E-state index >= 15 is 4.39 Å². The van der Waals surface area contributed by atoms with Crippen LogP contribution in [0.1, 0.15) is 73.2 Å². The number of nitrogens with zero attached hydrogens (tertiary/aromatic N) is 4. The lowest BCUT2D eigenvalue weighted by Crippen LogP contribution is -2.54. The van der Waals surface area contributed by atoms with Gasteiger partial charge in [0.1, 0.15) is 17.9 Å². The number of aryl methyl sites for hydroxylation is 3. The molecular weight excluding hydrogens is 774 g/mol. The number of fused-ring (bicyclic) bond motifs is 3. The van der Waals surface area contributed by atoms with Crippen molar-refractivity contribution in [1.82, 2.24) is 24.8 Å². The van der Waals surface area contributed by atoms with E-state index in [1.807, 2.05) is 19.1 Å². The van der Waals surface area contributed by atoms with Crippen molar-refractivity contribution in [2.45, 2.75) is 52.5 Å². The maximum Gasteiger partial charge on any atom is 0.264 e. The Balaban J connectivity index is 0.976. The van der Waals surface area contributed by atoms with Crippen LogP contribution in [0.25, 0.3) is 21.8 Å². The second-order valence-corrected chi connectivity index (χ2v) is 14.6. The van der Waals surface area contributed by atoms with Crippen molar-refractivity contribution in [3.63, 3.8) is 0 Å². The number of nitrogens with one attached hydrogen (secondary N) is 3. The highest BCUT2D eigenvalue weighted by atomic mass is 19.1. The molecule has 2 aromatic heterocycles. The van der Waals surface area contributed by atoms with Gasteiger partial charge in [0.05, 0.1) is 39.7 Å². The molecule has 4 aromatic carbocycles. The van der Waals surface area contributed by atoms with E-state index in [4.69, 9.17) is 4.74 Å². The summed E-state index contributed by atoms with van der Waals surface area (Å²) in [7, 11) is 1.77. The largest absolute Gasteiger partial charge is 0.435 e. The molecule has 6 aromatic rings. The summed E-state index contributed by atoms with van der Waals surface area (Å²) in [6, 6.07) is 16.0. The van der Waals surface area contributed by atoms with Crippen molar-refractivity contribution in [3.05, 3.63) is 128 Å². The molecule has 1 fully saturated rings. The summed E-state index contributed by atoms with van der Waals surface area (Å²) in [4.78, 5) is 101. The molecule has 0 aliphatic carbocycles. The van der Waals surface area contributed by atoms with E-state index < -0.39 is 52.7 Å². The van der Waals surface area contributed by atoms with Gasteiger partial charge in [-0.05, 0) is 91.9 Å². The highest BCUT2D eigenvalue weighted by Gasteiger charge is 2.45. The first-order chi connectivity index (χ1) is 28.7. The Morgan fingerprint density at radius 1 is 0.933 bits per heavy atom. The third-order valence-electron chi connectivity index (χ3n) is 10.9. The molecule has 16 heteroatoms. The van der Waals surface area contributed by atoms with Crippen molar-refractivity contribution in [3.8, 4) is 11.6 Å². The van der Waals surface area contributed by atoms with Gasteiger partial charge >= 0.3 is 0 Å². The molecule has 2 aliphatic heterocycles.